The molecule has 1 amide bonds. The van der Waals surface area contributed by atoms with Gasteiger partial charge in [0.25, 0.3) is 11.5 Å². The molecule has 0 bridgehead atoms. The SMILES string of the molecule is O=C(NCCn1c(=O)[nH]c2ccccc21)c1nn(Cc2ccccc2)c(=O)c2ccccc12. The normalized spacial score (nSPS) is 11.2. The van der Waals surface area contributed by atoms with E-state index in [1.54, 1.807) is 28.8 Å². The summed E-state index contributed by atoms with van der Waals surface area (Å²) in [5.74, 6) is -0.402. The Kier molecular flexibility index (Phi) is 5.32. The Morgan fingerprint density at radius 3 is 2.39 bits per heavy atom. The summed E-state index contributed by atoms with van der Waals surface area (Å²) in [5.41, 5.74) is 2.12. The minimum atomic E-state index is -0.402. The number of para-hydroxylation sites is 2. The molecule has 5 rings (SSSR count). The summed E-state index contributed by atoms with van der Waals surface area (Å²) in [7, 11) is 0. The van der Waals surface area contributed by atoms with Crippen molar-refractivity contribution in [2.45, 2.75) is 13.1 Å². The summed E-state index contributed by atoms with van der Waals surface area (Å²) < 4.78 is 2.90. The number of hydrogen-bond acceptors (Lipinski definition) is 4. The highest BCUT2D eigenvalue weighted by Crippen LogP contribution is 2.14. The fourth-order valence-corrected chi connectivity index (χ4v) is 3.96. The zero-order valence-electron chi connectivity index (χ0n) is 17.7. The topological polar surface area (TPSA) is 102 Å². The fourth-order valence-electron chi connectivity index (χ4n) is 3.96. The number of nitrogens with one attached hydrogen (secondary N) is 2. The number of benzene rings is 3. The molecule has 5 aromatic rings. The van der Waals surface area contributed by atoms with Crippen molar-refractivity contribution in [2.75, 3.05) is 6.54 Å². The predicted octanol–water partition coefficient (Wildman–Crippen LogP) is 2.52. The summed E-state index contributed by atoms with van der Waals surface area (Å²) in [6, 6.07) is 23.8. The molecule has 33 heavy (non-hydrogen) atoms. The molecule has 0 saturated heterocycles. The van der Waals surface area contributed by atoms with Gasteiger partial charge in [-0.15, -0.1) is 0 Å². The Hall–Kier alpha value is -4.46. The zero-order chi connectivity index (χ0) is 22.8. The summed E-state index contributed by atoms with van der Waals surface area (Å²) in [6.45, 7) is 0.792. The van der Waals surface area contributed by atoms with Crippen molar-refractivity contribution < 1.29 is 4.79 Å². The molecule has 8 nitrogen and oxygen atoms in total. The number of fused-ring (bicyclic) bond motifs is 2. The zero-order valence-corrected chi connectivity index (χ0v) is 17.7. The Bertz CT molecular complexity index is 1580. The van der Waals surface area contributed by atoms with E-state index in [0.717, 1.165) is 16.6 Å². The molecule has 3 aromatic carbocycles. The molecule has 2 N–H and O–H groups in total. The van der Waals surface area contributed by atoms with Gasteiger partial charge in [-0.2, -0.15) is 5.10 Å². The summed E-state index contributed by atoms with van der Waals surface area (Å²) in [5, 5.41) is 8.16. The number of imidazole rings is 1. The van der Waals surface area contributed by atoms with Crippen molar-refractivity contribution >= 4 is 27.7 Å². The summed E-state index contributed by atoms with van der Waals surface area (Å²) >= 11 is 0. The highest BCUT2D eigenvalue weighted by molar-refractivity contribution is 6.04. The van der Waals surface area contributed by atoms with E-state index in [4.69, 9.17) is 0 Å². The number of rotatable bonds is 6. The number of H-pyrrole nitrogens is 1. The second kappa shape index (κ2) is 8.58. The Morgan fingerprint density at radius 1 is 0.879 bits per heavy atom. The number of aromatic nitrogens is 4. The first-order chi connectivity index (χ1) is 16.1. The lowest BCUT2D eigenvalue weighted by Gasteiger charge is -2.12. The fraction of sp³-hybridized carbons (Fsp3) is 0.120. The van der Waals surface area contributed by atoms with E-state index in [0.29, 0.717) is 17.3 Å². The van der Waals surface area contributed by atoms with E-state index >= 15 is 0 Å². The van der Waals surface area contributed by atoms with Crippen molar-refractivity contribution in [1.29, 1.82) is 0 Å². The maximum absolute atomic E-state index is 13.1. The molecule has 2 heterocycles. The molecule has 0 aliphatic carbocycles. The third kappa shape index (κ3) is 3.94. The van der Waals surface area contributed by atoms with Gasteiger partial charge in [-0.1, -0.05) is 60.7 Å². The van der Waals surface area contributed by atoms with Gasteiger partial charge in [0.1, 0.15) is 0 Å². The van der Waals surface area contributed by atoms with Crippen molar-refractivity contribution in [3.8, 4) is 0 Å². The molecule has 0 saturated carbocycles. The van der Waals surface area contributed by atoms with Crippen LogP contribution in [0, 0.1) is 0 Å². The van der Waals surface area contributed by atoms with Gasteiger partial charge in [0, 0.05) is 18.5 Å². The molecule has 0 fully saturated rings. The van der Waals surface area contributed by atoms with Gasteiger partial charge < -0.3 is 10.3 Å². The maximum atomic E-state index is 13.1. The third-order valence-electron chi connectivity index (χ3n) is 5.56. The van der Waals surface area contributed by atoms with Crippen molar-refractivity contribution in [3.63, 3.8) is 0 Å². The molecule has 0 aliphatic rings. The van der Waals surface area contributed by atoms with Crippen LogP contribution in [-0.4, -0.2) is 31.8 Å². The molecule has 8 heteroatoms. The minimum absolute atomic E-state index is 0.174. The first-order valence-corrected chi connectivity index (χ1v) is 10.6. The van der Waals surface area contributed by atoms with E-state index in [2.05, 4.69) is 15.4 Å². The number of hydrogen-bond donors (Lipinski definition) is 2. The van der Waals surface area contributed by atoms with Crippen LogP contribution in [0.3, 0.4) is 0 Å². The average molecular weight is 439 g/mol. The Morgan fingerprint density at radius 2 is 1.58 bits per heavy atom. The lowest BCUT2D eigenvalue weighted by atomic mass is 10.1. The van der Waals surface area contributed by atoms with Crippen LogP contribution in [0.1, 0.15) is 16.1 Å². The minimum Gasteiger partial charge on any atom is -0.349 e. The molecule has 2 aromatic heterocycles. The maximum Gasteiger partial charge on any atom is 0.326 e. The summed E-state index contributed by atoms with van der Waals surface area (Å²) in [4.78, 5) is 41.1. The van der Waals surface area contributed by atoms with Gasteiger partial charge in [-0.05, 0) is 23.8 Å². The second-order valence-corrected chi connectivity index (χ2v) is 7.70. The van der Waals surface area contributed by atoms with E-state index in [-0.39, 0.29) is 30.0 Å². The molecule has 0 aliphatic heterocycles. The predicted molar refractivity (Wildman–Crippen MR) is 126 cm³/mol. The van der Waals surface area contributed by atoms with E-state index in [9.17, 15) is 14.4 Å². The highest BCUT2D eigenvalue weighted by atomic mass is 16.2. The lowest BCUT2D eigenvalue weighted by molar-refractivity contribution is 0.0947. The van der Waals surface area contributed by atoms with Crippen LogP contribution in [0.15, 0.2) is 88.5 Å². The first kappa shape index (κ1) is 20.4. The van der Waals surface area contributed by atoms with Gasteiger partial charge in [-0.3, -0.25) is 14.2 Å². The van der Waals surface area contributed by atoms with E-state index in [1.165, 1.54) is 4.68 Å². The number of carbonyl (C=O) groups is 1. The van der Waals surface area contributed by atoms with Crippen LogP contribution in [0.5, 0.6) is 0 Å². The van der Waals surface area contributed by atoms with Crippen LogP contribution >= 0.6 is 0 Å². The number of carbonyl (C=O) groups excluding carboxylic acids is 1. The molecule has 0 radical (unpaired) electrons. The van der Waals surface area contributed by atoms with Crippen molar-refractivity contribution in [3.05, 3.63) is 111 Å². The number of aromatic amines is 1. The third-order valence-corrected chi connectivity index (χ3v) is 5.56. The Labute approximate surface area is 188 Å². The van der Waals surface area contributed by atoms with Gasteiger partial charge in [0.2, 0.25) is 0 Å². The first-order valence-electron chi connectivity index (χ1n) is 10.6. The monoisotopic (exact) mass is 439 g/mol. The van der Waals surface area contributed by atoms with Crippen LogP contribution < -0.4 is 16.6 Å². The van der Waals surface area contributed by atoms with Crippen LogP contribution in [0.4, 0.5) is 0 Å². The second-order valence-electron chi connectivity index (χ2n) is 7.70. The molecule has 0 unspecified atom stereocenters. The number of amides is 1. The molecule has 0 spiro atoms. The quantitative estimate of drug-likeness (QED) is 0.424. The van der Waals surface area contributed by atoms with Crippen LogP contribution in [0.25, 0.3) is 21.8 Å². The van der Waals surface area contributed by atoms with Gasteiger partial charge in [0.05, 0.1) is 23.0 Å². The van der Waals surface area contributed by atoms with Gasteiger partial charge in [0.15, 0.2) is 5.69 Å². The van der Waals surface area contributed by atoms with Crippen molar-refractivity contribution in [1.82, 2.24) is 24.6 Å². The largest absolute Gasteiger partial charge is 0.349 e. The lowest BCUT2D eigenvalue weighted by Crippen LogP contribution is -2.33. The van der Waals surface area contributed by atoms with E-state index in [1.807, 2.05) is 54.6 Å². The van der Waals surface area contributed by atoms with Crippen molar-refractivity contribution in [2.24, 2.45) is 0 Å². The van der Waals surface area contributed by atoms with Gasteiger partial charge in [-0.25, -0.2) is 9.48 Å². The van der Waals surface area contributed by atoms with E-state index < -0.39 is 5.91 Å². The van der Waals surface area contributed by atoms with Crippen LogP contribution in [0.2, 0.25) is 0 Å². The highest BCUT2D eigenvalue weighted by Gasteiger charge is 2.17. The smallest absolute Gasteiger partial charge is 0.326 e. The molecular weight excluding hydrogens is 418 g/mol. The standard InChI is InChI=1S/C25H21N5O3/c31-23(26-14-15-29-21-13-7-6-12-20(21)27-25(29)33)22-18-10-4-5-11-19(18)24(32)30(28-22)16-17-8-2-1-3-9-17/h1-13H,14-16H2,(H,26,31)(H,27,33). The van der Waals surface area contributed by atoms with Crippen LogP contribution in [-0.2, 0) is 13.1 Å². The summed E-state index contributed by atoms with van der Waals surface area (Å²) in [6.07, 6.45) is 0. The Balaban J connectivity index is 1.43. The molecular formula is C25H21N5O3. The average Bonchev–Trinajstić information content (AvgIpc) is 3.16. The molecule has 0 atom stereocenters. The molecule has 164 valence electrons. The number of nitrogens with zero attached hydrogens (tertiary/aromatic N) is 3. The van der Waals surface area contributed by atoms with Gasteiger partial charge >= 0.3 is 5.69 Å².